The molecular weight excluding hydrogens is 224 g/mol. The molecule has 3 aromatic rings. The van der Waals surface area contributed by atoms with Crippen molar-refractivity contribution in [3.8, 4) is 17.0 Å². The standard InChI is InChI=1S/C15H13NO.H3N/c1-17-13-8-6-11(7-9-13)15-10-12-4-2-3-5-14(12)16-15;/h2-10,16H,1H3;1H3. The molecule has 18 heavy (non-hydrogen) atoms. The molecule has 0 aliphatic heterocycles. The third kappa shape index (κ3) is 2.08. The van der Waals surface area contributed by atoms with Gasteiger partial charge < -0.3 is 15.9 Å². The number of benzene rings is 2. The number of methoxy groups -OCH3 is 1. The van der Waals surface area contributed by atoms with Crippen molar-refractivity contribution in [1.82, 2.24) is 11.1 Å². The molecule has 0 atom stereocenters. The summed E-state index contributed by atoms with van der Waals surface area (Å²) in [5.41, 5.74) is 3.47. The normalized spacial score (nSPS) is 10.1. The first-order valence-corrected chi connectivity index (χ1v) is 5.59. The van der Waals surface area contributed by atoms with Crippen molar-refractivity contribution in [2.45, 2.75) is 0 Å². The van der Waals surface area contributed by atoms with Gasteiger partial charge in [-0.2, -0.15) is 0 Å². The number of fused-ring (bicyclic) bond motifs is 1. The van der Waals surface area contributed by atoms with E-state index in [-0.39, 0.29) is 6.15 Å². The molecule has 1 aromatic heterocycles. The molecule has 92 valence electrons. The Bertz CT molecular complexity index is 608. The first kappa shape index (κ1) is 12.2. The molecule has 0 fully saturated rings. The Morgan fingerprint density at radius 2 is 1.67 bits per heavy atom. The molecule has 0 aliphatic carbocycles. The van der Waals surface area contributed by atoms with Gasteiger partial charge in [0, 0.05) is 16.6 Å². The summed E-state index contributed by atoms with van der Waals surface area (Å²) in [6.45, 7) is 0. The second-order valence-corrected chi connectivity index (χ2v) is 4.00. The molecule has 0 saturated heterocycles. The summed E-state index contributed by atoms with van der Waals surface area (Å²) in [6, 6.07) is 18.5. The predicted molar refractivity (Wildman–Crippen MR) is 75.3 cm³/mol. The van der Waals surface area contributed by atoms with Crippen molar-refractivity contribution < 1.29 is 4.74 Å². The second-order valence-electron chi connectivity index (χ2n) is 4.00. The predicted octanol–water partition coefficient (Wildman–Crippen LogP) is 4.01. The highest BCUT2D eigenvalue weighted by Crippen LogP contribution is 2.25. The van der Waals surface area contributed by atoms with Crippen LogP contribution in [0.5, 0.6) is 5.75 Å². The molecule has 1 heterocycles. The van der Waals surface area contributed by atoms with E-state index in [0.29, 0.717) is 0 Å². The molecule has 3 nitrogen and oxygen atoms in total. The van der Waals surface area contributed by atoms with Crippen LogP contribution in [0.4, 0.5) is 0 Å². The van der Waals surface area contributed by atoms with Crippen molar-refractivity contribution in [2.75, 3.05) is 7.11 Å². The first-order valence-electron chi connectivity index (χ1n) is 5.59. The molecule has 3 heteroatoms. The fourth-order valence-electron chi connectivity index (χ4n) is 2.00. The van der Waals surface area contributed by atoms with Crippen molar-refractivity contribution in [1.29, 1.82) is 0 Å². The zero-order valence-electron chi connectivity index (χ0n) is 10.3. The lowest BCUT2D eigenvalue weighted by Crippen LogP contribution is -1.82. The highest BCUT2D eigenvalue weighted by molar-refractivity contribution is 5.85. The highest BCUT2D eigenvalue weighted by atomic mass is 16.5. The van der Waals surface area contributed by atoms with Crippen molar-refractivity contribution in [3.05, 3.63) is 54.6 Å². The Labute approximate surface area is 106 Å². The average Bonchev–Trinajstić information content (AvgIpc) is 2.82. The number of ether oxygens (including phenoxy) is 1. The van der Waals surface area contributed by atoms with Crippen LogP contribution in [0.1, 0.15) is 0 Å². The molecule has 0 unspecified atom stereocenters. The zero-order valence-corrected chi connectivity index (χ0v) is 10.3. The summed E-state index contributed by atoms with van der Waals surface area (Å²) in [6.07, 6.45) is 0. The zero-order chi connectivity index (χ0) is 11.7. The van der Waals surface area contributed by atoms with E-state index in [1.54, 1.807) is 7.11 Å². The average molecular weight is 240 g/mol. The van der Waals surface area contributed by atoms with Gasteiger partial charge in [-0.3, -0.25) is 0 Å². The van der Waals surface area contributed by atoms with E-state index in [9.17, 15) is 0 Å². The van der Waals surface area contributed by atoms with Gasteiger partial charge in [-0.15, -0.1) is 0 Å². The Balaban J connectivity index is 0.00000120. The van der Waals surface area contributed by atoms with Gasteiger partial charge in [0.25, 0.3) is 0 Å². The highest BCUT2D eigenvalue weighted by Gasteiger charge is 2.02. The number of hydrogen-bond donors (Lipinski definition) is 2. The lowest BCUT2D eigenvalue weighted by Gasteiger charge is -2.01. The van der Waals surface area contributed by atoms with Crippen LogP contribution in [-0.4, -0.2) is 12.1 Å². The van der Waals surface area contributed by atoms with Crippen LogP contribution in [0.25, 0.3) is 22.2 Å². The quantitative estimate of drug-likeness (QED) is 0.711. The van der Waals surface area contributed by atoms with E-state index < -0.39 is 0 Å². The summed E-state index contributed by atoms with van der Waals surface area (Å²) in [7, 11) is 1.68. The van der Waals surface area contributed by atoms with Gasteiger partial charge in [0.2, 0.25) is 0 Å². The minimum absolute atomic E-state index is 0. The topological polar surface area (TPSA) is 60.0 Å². The van der Waals surface area contributed by atoms with Gasteiger partial charge in [-0.25, -0.2) is 0 Å². The molecule has 0 spiro atoms. The molecule has 3 rings (SSSR count). The smallest absolute Gasteiger partial charge is 0.118 e. The van der Waals surface area contributed by atoms with E-state index in [2.05, 4.69) is 35.3 Å². The van der Waals surface area contributed by atoms with Gasteiger partial charge in [0.15, 0.2) is 0 Å². The summed E-state index contributed by atoms with van der Waals surface area (Å²) < 4.78 is 5.15. The first-order chi connectivity index (χ1) is 8.36. The number of H-pyrrole nitrogens is 1. The minimum atomic E-state index is 0. The Kier molecular flexibility index (Phi) is 3.35. The maximum atomic E-state index is 5.15. The molecule has 0 radical (unpaired) electrons. The lowest BCUT2D eigenvalue weighted by molar-refractivity contribution is 0.415. The van der Waals surface area contributed by atoms with Gasteiger partial charge in [-0.05, 0) is 42.0 Å². The van der Waals surface area contributed by atoms with E-state index in [4.69, 9.17) is 4.74 Å². The minimum Gasteiger partial charge on any atom is -0.497 e. The summed E-state index contributed by atoms with van der Waals surface area (Å²) in [4.78, 5) is 3.41. The lowest BCUT2D eigenvalue weighted by atomic mass is 10.1. The number of hydrogen-bond acceptors (Lipinski definition) is 2. The Morgan fingerprint density at radius 3 is 2.33 bits per heavy atom. The Morgan fingerprint density at radius 1 is 0.944 bits per heavy atom. The second kappa shape index (κ2) is 4.94. The number of aromatic amines is 1. The molecular formula is C15H16N2O. The van der Waals surface area contributed by atoms with Crippen LogP contribution in [0.3, 0.4) is 0 Å². The number of para-hydroxylation sites is 1. The van der Waals surface area contributed by atoms with Crippen LogP contribution >= 0.6 is 0 Å². The summed E-state index contributed by atoms with van der Waals surface area (Å²) in [5, 5.41) is 1.23. The van der Waals surface area contributed by atoms with Gasteiger partial charge >= 0.3 is 0 Å². The fraction of sp³-hybridized carbons (Fsp3) is 0.0667. The Hall–Kier alpha value is -2.26. The summed E-state index contributed by atoms with van der Waals surface area (Å²) in [5.74, 6) is 0.880. The monoisotopic (exact) mass is 240 g/mol. The molecule has 4 N–H and O–H groups in total. The van der Waals surface area contributed by atoms with Gasteiger partial charge in [-0.1, -0.05) is 18.2 Å². The molecule has 0 amide bonds. The fourth-order valence-corrected chi connectivity index (χ4v) is 2.00. The van der Waals surface area contributed by atoms with Crippen molar-refractivity contribution in [2.24, 2.45) is 0 Å². The maximum Gasteiger partial charge on any atom is 0.118 e. The number of rotatable bonds is 2. The number of nitrogens with one attached hydrogen (secondary N) is 1. The SMILES string of the molecule is COc1ccc(-c2cc3ccccc3[nH]2)cc1.N. The van der Waals surface area contributed by atoms with E-state index >= 15 is 0 Å². The van der Waals surface area contributed by atoms with E-state index in [1.807, 2.05) is 24.3 Å². The van der Waals surface area contributed by atoms with Crippen LogP contribution in [0.2, 0.25) is 0 Å². The van der Waals surface area contributed by atoms with E-state index in [0.717, 1.165) is 11.4 Å². The third-order valence-corrected chi connectivity index (χ3v) is 2.93. The van der Waals surface area contributed by atoms with Crippen LogP contribution in [0.15, 0.2) is 54.6 Å². The van der Waals surface area contributed by atoms with Gasteiger partial charge in [0.1, 0.15) is 5.75 Å². The molecule has 0 aliphatic rings. The van der Waals surface area contributed by atoms with Gasteiger partial charge in [0.05, 0.1) is 7.11 Å². The van der Waals surface area contributed by atoms with Crippen LogP contribution < -0.4 is 10.9 Å². The molecule has 0 saturated carbocycles. The maximum absolute atomic E-state index is 5.15. The van der Waals surface area contributed by atoms with Crippen LogP contribution in [-0.2, 0) is 0 Å². The molecule has 0 bridgehead atoms. The largest absolute Gasteiger partial charge is 0.497 e. The van der Waals surface area contributed by atoms with Crippen LogP contribution in [0, 0.1) is 0 Å². The summed E-state index contributed by atoms with van der Waals surface area (Å²) >= 11 is 0. The van der Waals surface area contributed by atoms with E-state index in [1.165, 1.54) is 16.5 Å². The van der Waals surface area contributed by atoms with Crippen molar-refractivity contribution in [3.63, 3.8) is 0 Å². The van der Waals surface area contributed by atoms with Crippen molar-refractivity contribution >= 4 is 10.9 Å². The third-order valence-electron chi connectivity index (χ3n) is 2.93. The number of aromatic nitrogens is 1. The molecule has 2 aromatic carbocycles.